The number of piperidine rings is 1. The van der Waals surface area contributed by atoms with Gasteiger partial charge in [-0.15, -0.1) is 0 Å². The molecule has 2 aliphatic heterocycles. The molecule has 0 amide bonds. The van der Waals surface area contributed by atoms with Gasteiger partial charge >= 0.3 is 0 Å². The molecule has 1 saturated heterocycles. The number of ketones is 1. The standard InChI is InChI=1S/C21H22ClNO6S/c1-27-18-8-7-16-17(24)13-21(29-19(16)20(18)28-2)9-11-23(12-10-21)30(25,26)15-5-3-14(22)4-6-15/h3-8H,9-13H2,1-2H3. The molecule has 30 heavy (non-hydrogen) atoms. The van der Waals surface area contributed by atoms with Crippen molar-refractivity contribution < 1.29 is 27.4 Å². The minimum absolute atomic E-state index is 0.0498. The Morgan fingerprint density at radius 3 is 2.30 bits per heavy atom. The second-order valence-electron chi connectivity index (χ2n) is 7.42. The number of nitrogens with zero attached hydrogens (tertiary/aromatic N) is 1. The monoisotopic (exact) mass is 451 g/mol. The molecule has 2 heterocycles. The summed E-state index contributed by atoms with van der Waals surface area (Å²) in [6.07, 6.45) is 0.987. The fourth-order valence-corrected chi connectivity index (χ4v) is 5.60. The van der Waals surface area contributed by atoms with Gasteiger partial charge in [-0.05, 0) is 36.4 Å². The lowest BCUT2D eigenvalue weighted by molar-refractivity contribution is 0.00376. The van der Waals surface area contributed by atoms with Crippen molar-refractivity contribution in [1.29, 1.82) is 0 Å². The highest BCUT2D eigenvalue weighted by atomic mass is 35.5. The Morgan fingerprint density at radius 2 is 1.70 bits per heavy atom. The van der Waals surface area contributed by atoms with Crippen LogP contribution in [0.1, 0.15) is 29.6 Å². The summed E-state index contributed by atoms with van der Waals surface area (Å²) in [5.41, 5.74) is -0.315. The van der Waals surface area contributed by atoms with E-state index < -0.39 is 15.6 Å². The SMILES string of the molecule is COc1ccc2c(c1OC)OC1(CCN(S(=O)(=O)c3ccc(Cl)cc3)CC1)CC2=O. The number of ether oxygens (including phenoxy) is 3. The van der Waals surface area contributed by atoms with Crippen molar-refractivity contribution in [2.45, 2.75) is 29.8 Å². The van der Waals surface area contributed by atoms with Crippen LogP contribution in [0.4, 0.5) is 0 Å². The Labute approximate surface area is 180 Å². The minimum Gasteiger partial charge on any atom is -0.493 e. The van der Waals surface area contributed by atoms with Gasteiger partial charge in [0.15, 0.2) is 17.3 Å². The van der Waals surface area contributed by atoms with Gasteiger partial charge in [-0.25, -0.2) is 8.42 Å². The lowest BCUT2D eigenvalue weighted by atomic mass is 9.83. The predicted molar refractivity (Wildman–Crippen MR) is 111 cm³/mol. The molecule has 0 saturated carbocycles. The van der Waals surface area contributed by atoms with E-state index in [-0.39, 0.29) is 30.2 Å². The first-order valence-electron chi connectivity index (χ1n) is 9.52. The zero-order valence-corrected chi connectivity index (χ0v) is 18.3. The van der Waals surface area contributed by atoms with Crippen LogP contribution < -0.4 is 14.2 Å². The summed E-state index contributed by atoms with van der Waals surface area (Å²) in [7, 11) is -0.629. The van der Waals surface area contributed by atoms with Crippen LogP contribution in [-0.2, 0) is 10.0 Å². The molecule has 0 aromatic heterocycles. The van der Waals surface area contributed by atoms with Gasteiger partial charge in [0.1, 0.15) is 5.60 Å². The maximum absolute atomic E-state index is 13.0. The number of methoxy groups -OCH3 is 2. The number of rotatable bonds is 4. The van der Waals surface area contributed by atoms with Crippen LogP contribution in [0.15, 0.2) is 41.3 Å². The number of benzene rings is 2. The number of sulfonamides is 1. The van der Waals surface area contributed by atoms with Crippen molar-refractivity contribution >= 4 is 27.4 Å². The molecule has 7 nitrogen and oxygen atoms in total. The quantitative estimate of drug-likeness (QED) is 0.707. The Bertz CT molecular complexity index is 1080. The zero-order chi connectivity index (χ0) is 21.5. The average Bonchev–Trinajstić information content (AvgIpc) is 2.73. The zero-order valence-electron chi connectivity index (χ0n) is 16.7. The Hall–Kier alpha value is -2.29. The molecule has 0 radical (unpaired) electrons. The second kappa shape index (κ2) is 7.76. The Balaban J connectivity index is 1.58. The number of hydrogen-bond donors (Lipinski definition) is 0. The van der Waals surface area contributed by atoms with Crippen molar-refractivity contribution in [2.24, 2.45) is 0 Å². The summed E-state index contributed by atoms with van der Waals surface area (Å²) < 4.78 is 44.4. The fourth-order valence-electron chi connectivity index (χ4n) is 4.03. The maximum atomic E-state index is 13.0. The molecule has 2 aromatic carbocycles. The van der Waals surface area contributed by atoms with E-state index in [0.717, 1.165) is 0 Å². The topological polar surface area (TPSA) is 82.1 Å². The van der Waals surface area contributed by atoms with Crippen LogP contribution in [0.25, 0.3) is 0 Å². The first kappa shape index (κ1) is 21.0. The highest BCUT2D eigenvalue weighted by Crippen LogP contribution is 2.48. The average molecular weight is 452 g/mol. The van der Waals surface area contributed by atoms with Crippen molar-refractivity contribution in [3.05, 3.63) is 47.0 Å². The van der Waals surface area contributed by atoms with Gasteiger partial charge in [0.2, 0.25) is 15.8 Å². The van der Waals surface area contributed by atoms with Gasteiger partial charge in [-0.3, -0.25) is 4.79 Å². The number of carbonyl (C=O) groups is 1. The lowest BCUT2D eigenvalue weighted by Gasteiger charge is -2.43. The first-order chi connectivity index (χ1) is 14.3. The normalized spacial score (nSPS) is 18.6. The van der Waals surface area contributed by atoms with Gasteiger partial charge in [-0.2, -0.15) is 4.31 Å². The number of halogens is 1. The predicted octanol–water partition coefficient (Wildman–Crippen LogP) is 3.55. The van der Waals surface area contributed by atoms with E-state index in [1.807, 2.05) is 0 Å². The van der Waals surface area contributed by atoms with Crippen LogP contribution in [0.3, 0.4) is 0 Å². The van der Waals surface area contributed by atoms with Crippen LogP contribution in [0.2, 0.25) is 5.02 Å². The number of hydrogen-bond acceptors (Lipinski definition) is 6. The van der Waals surface area contributed by atoms with E-state index in [0.29, 0.717) is 40.7 Å². The molecule has 9 heteroatoms. The molecule has 2 aliphatic rings. The molecule has 0 unspecified atom stereocenters. The summed E-state index contributed by atoms with van der Waals surface area (Å²) >= 11 is 5.87. The number of fused-ring (bicyclic) bond motifs is 1. The highest BCUT2D eigenvalue weighted by Gasteiger charge is 2.46. The van der Waals surface area contributed by atoms with Gasteiger partial charge in [0.25, 0.3) is 0 Å². The summed E-state index contributed by atoms with van der Waals surface area (Å²) in [5.74, 6) is 1.16. The summed E-state index contributed by atoms with van der Waals surface area (Å²) in [6, 6.07) is 9.45. The van der Waals surface area contributed by atoms with Crippen molar-refractivity contribution in [3.63, 3.8) is 0 Å². The van der Waals surface area contributed by atoms with E-state index in [9.17, 15) is 13.2 Å². The van der Waals surface area contributed by atoms with E-state index in [1.54, 1.807) is 24.3 Å². The molecule has 1 spiro atoms. The molecule has 4 rings (SSSR count). The molecular formula is C21H22ClNO6S. The summed E-state index contributed by atoms with van der Waals surface area (Å²) in [4.78, 5) is 13.0. The largest absolute Gasteiger partial charge is 0.493 e. The number of Topliss-reactive ketones (excluding diaryl/α,β-unsaturated/α-hetero) is 1. The van der Waals surface area contributed by atoms with Crippen LogP contribution in [0.5, 0.6) is 17.2 Å². The van der Waals surface area contributed by atoms with E-state index in [4.69, 9.17) is 25.8 Å². The van der Waals surface area contributed by atoms with Gasteiger partial charge in [-0.1, -0.05) is 11.6 Å². The Morgan fingerprint density at radius 1 is 1.03 bits per heavy atom. The summed E-state index contributed by atoms with van der Waals surface area (Å²) in [6.45, 7) is 0.500. The Kier molecular flexibility index (Phi) is 5.42. The minimum atomic E-state index is -3.64. The first-order valence-corrected chi connectivity index (χ1v) is 11.3. The lowest BCUT2D eigenvalue weighted by Crippen LogP contribution is -2.52. The molecular weight excluding hydrogens is 430 g/mol. The van der Waals surface area contributed by atoms with Crippen LogP contribution in [0, 0.1) is 0 Å². The highest BCUT2D eigenvalue weighted by molar-refractivity contribution is 7.89. The van der Waals surface area contributed by atoms with Crippen molar-refractivity contribution in [2.75, 3.05) is 27.3 Å². The maximum Gasteiger partial charge on any atom is 0.243 e. The third kappa shape index (κ3) is 3.53. The van der Waals surface area contributed by atoms with Crippen LogP contribution in [-0.4, -0.2) is 51.4 Å². The molecule has 1 fully saturated rings. The van der Waals surface area contributed by atoms with E-state index >= 15 is 0 Å². The fraction of sp³-hybridized carbons (Fsp3) is 0.381. The third-order valence-corrected chi connectivity index (χ3v) is 7.85. The van der Waals surface area contributed by atoms with E-state index in [2.05, 4.69) is 0 Å². The van der Waals surface area contributed by atoms with Gasteiger partial charge in [0, 0.05) is 31.0 Å². The molecule has 160 valence electrons. The smallest absolute Gasteiger partial charge is 0.243 e. The van der Waals surface area contributed by atoms with Crippen LogP contribution >= 0.6 is 11.6 Å². The molecule has 2 aromatic rings. The second-order valence-corrected chi connectivity index (χ2v) is 9.80. The van der Waals surface area contributed by atoms with Gasteiger partial charge in [0.05, 0.1) is 31.1 Å². The van der Waals surface area contributed by atoms with Gasteiger partial charge < -0.3 is 14.2 Å². The van der Waals surface area contributed by atoms with E-state index in [1.165, 1.54) is 30.7 Å². The molecule has 0 N–H and O–H groups in total. The third-order valence-electron chi connectivity index (χ3n) is 5.69. The molecule has 0 bridgehead atoms. The van der Waals surface area contributed by atoms with Crippen molar-refractivity contribution in [1.82, 2.24) is 4.31 Å². The number of carbonyl (C=O) groups excluding carboxylic acids is 1. The molecule has 0 aliphatic carbocycles. The summed E-state index contributed by atoms with van der Waals surface area (Å²) in [5, 5.41) is 0.476. The van der Waals surface area contributed by atoms with Crippen molar-refractivity contribution in [3.8, 4) is 17.2 Å². The molecule has 0 atom stereocenters.